The van der Waals surface area contributed by atoms with Crippen molar-refractivity contribution in [3.8, 4) is 0 Å². The van der Waals surface area contributed by atoms with Crippen LogP contribution in [0.2, 0.25) is 0 Å². The van der Waals surface area contributed by atoms with E-state index in [9.17, 15) is 0 Å². The average Bonchev–Trinajstić information content (AvgIpc) is 2.70. The van der Waals surface area contributed by atoms with E-state index in [-0.39, 0.29) is 0 Å². The molecular weight excluding hydrogens is 174 g/mol. The Morgan fingerprint density at radius 1 is 1.43 bits per heavy atom. The summed E-state index contributed by atoms with van der Waals surface area (Å²) in [5, 5.41) is 7.84. The summed E-state index contributed by atoms with van der Waals surface area (Å²) in [5.74, 6) is 1.17. The Morgan fingerprint density at radius 2 is 2.14 bits per heavy atom. The van der Waals surface area contributed by atoms with Crippen molar-refractivity contribution in [1.29, 1.82) is 0 Å². The molecule has 1 aromatic heterocycles. The van der Waals surface area contributed by atoms with Crippen LogP contribution in [0.25, 0.3) is 0 Å². The molecular formula is C11H19N3. The van der Waals surface area contributed by atoms with Crippen LogP contribution in [0, 0.1) is 0 Å². The maximum Gasteiger partial charge on any atom is 0.124 e. The first-order valence-electron chi connectivity index (χ1n) is 5.57. The molecule has 2 rings (SSSR count). The molecule has 14 heavy (non-hydrogen) atoms. The number of anilines is 1. The van der Waals surface area contributed by atoms with Crippen LogP contribution in [0.3, 0.4) is 0 Å². The van der Waals surface area contributed by atoms with Crippen LogP contribution in [0.15, 0.2) is 12.3 Å². The SMILES string of the molecule is CC(C)Nc1ccnn1C1CCCC1. The summed E-state index contributed by atoms with van der Waals surface area (Å²) < 4.78 is 2.16. The molecule has 1 aliphatic rings. The van der Waals surface area contributed by atoms with Crippen molar-refractivity contribution in [1.82, 2.24) is 9.78 Å². The monoisotopic (exact) mass is 193 g/mol. The Labute approximate surface area is 85.5 Å². The standard InChI is InChI=1S/C11H19N3/c1-9(2)13-11-7-8-12-14(11)10-5-3-4-6-10/h7-10,13H,3-6H2,1-2H3. The van der Waals surface area contributed by atoms with Gasteiger partial charge in [-0.3, -0.25) is 0 Å². The van der Waals surface area contributed by atoms with Gasteiger partial charge >= 0.3 is 0 Å². The smallest absolute Gasteiger partial charge is 0.124 e. The predicted octanol–water partition coefficient (Wildman–Crippen LogP) is 2.82. The molecule has 0 aromatic carbocycles. The lowest BCUT2D eigenvalue weighted by Crippen LogP contribution is -2.16. The third kappa shape index (κ3) is 1.91. The van der Waals surface area contributed by atoms with Gasteiger partial charge in [0, 0.05) is 12.1 Å². The van der Waals surface area contributed by atoms with E-state index in [2.05, 4.69) is 35.0 Å². The minimum Gasteiger partial charge on any atom is -0.368 e. The van der Waals surface area contributed by atoms with Crippen LogP contribution in [0.4, 0.5) is 5.82 Å². The van der Waals surface area contributed by atoms with Gasteiger partial charge < -0.3 is 5.32 Å². The molecule has 1 saturated carbocycles. The highest BCUT2D eigenvalue weighted by Gasteiger charge is 2.19. The maximum absolute atomic E-state index is 4.41. The zero-order valence-corrected chi connectivity index (χ0v) is 9.03. The van der Waals surface area contributed by atoms with Crippen LogP contribution in [-0.4, -0.2) is 15.8 Å². The molecule has 0 amide bonds. The molecule has 1 fully saturated rings. The summed E-state index contributed by atoms with van der Waals surface area (Å²) >= 11 is 0. The molecule has 0 bridgehead atoms. The lowest BCUT2D eigenvalue weighted by molar-refractivity contribution is 0.470. The van der Waals surface area contributed by atoms with Gasteiger partial charge in [-0.15, -0.1) is 0 Å². The van der Waals surface area contributed by atoms with Crippen LogP contribution in [0.1, 0.15) is 45.6 Å². The van der Waals surface area contributed by atoms with E-state index < -0.39 is 0 Å². The summed E-state index contributed by atoms with van der Waals surface area (Å²) in [5.41, 5.74) is 0. The van der Waals surface area contributed by atoms with Crippen molar-refractivity contribution in [2.75, 3.05) is 5.32 Å². The van der Waals surface area contributed by atoms with Gasteiger partial charge in [-0.05, 0) is 26.7 Å². The average molecular weight is 193 g/mol. The van der Waals surface area contributed by atoms with Crippen molar-refractivity contribution in [3.05, 3.63) is 12.3 Å². The Hall–Kier alpha value is -0.990. The van der Waals surface area contributed by atoms with Gasteiger partial charge in [0.15, 0.2) is 0 Å². The van der Waals surface area contributed by atoms with E-state index in [1.807, 2.05) is 6.20 Å². The van der Waals surface area contributed by atoms with Crippen LogP contribution < -0.4 is 5.32 Å². The number of hydrogen-bond acceptors (Lipinski definition) is 2. The van der Waals surface area contributed by atoms with Gasteiger partial charge in [-0.25, -0.2) is 4.68 Å². The molecule has 0 unspecified atom stereocenters. The molecule has 0 saturated heterocycles. The lowest BCUT2D eigenvalue weighted by atomic mass is 10.2. The van der Waals surface area contributed by atoms with Crippen molar-refractivity contribution in [2.45, 2.75) is 51.6 Å². The van der Waals surface area contributed by atoms with E-state index in [0.717, 1.165) is 0 Å². The summed E-state index contributed by atoms with van der Waals surface area (Å²) in [7, 11) is 0. The third-order valence-corrected chi connectivity index (χ3v) is 2.78. The fourth-order valence-electron chi connectivity index (χ4n) is 2.16. The number of aromatic nitrogens is 2. The second kappa shape index (κ2) is 4.03. The quantitative estimate of drug-likeness (QED) is 0.800. The summed E-state index contributed by atoms with van der Waals surface area (Å²) in [4.78, 5) is 0. The topological polar surface area (TPSA) is 29.9 Å². The first-order valence-corrected chi connectivity index (χ1v) is 5.57. The highest BCUT2D eigenvalue weighted by molar-refractivity contribution is 5.35. The molecule has 78 valence electrons. The first kappa shape index (κ1) is 9.56. The second-order valence-corrected chi connectivity index (χ2v) is 4.40. The summed E-state index contributed by atoms with van der Waals surface area (Å²) in [6.45, 7) is 4.32. The Bertz CT molecular complexity index is 284. The largest absolute Gasteiger partial charge is 0.368 e. The maximum atomic E-state index is 4.41. The fraction of sp³-hybridized carbons (Fsp3) is 0.727. The molecule has 3 nitrogen and oxygen atoms in total. The van der Waals surface area contributed by atoms with Gasteiger partial charge in [0.05, 0.1) is 12.2 Å². The highest BCUT2D eigenvalue weighted by Crippen LogP contribution is 2.31. The number of rotatable bonds is 3. The number of nitrogens with zero attached hydrogens (tertiary/aromatic N) is 2. The van der Waals surface area contributed by atoms with Crippen molar-refractivity contribution in [2.24, 2.45) is 0 Å². The van der Waals surface area contributed by atoms with Gasteiger partial charge in [0.2, 0.25) is 0 Å². The molecule has 1 heterocycles. The van der Waals surface area contributed by atoms with E-state index >= 15 is 0 Å². The van der Waals surface area contributed by atoms with E-state index in [1.54, 1.807) is 0 Å². The normalized spacial score (nSPS) is 17.9. The van der Waals surface area contributed by atoms with Crippen LogP contribution >= 0.6 is 0 Å². The molecule has 1 aromatic rings. The number of hydrogen-bond donors (Lipinski definition) is 1. The van der Waals surface area contributed by atoms with Gasteiger partial charge in [0.25, 0.3) is 0 Å². The second-order valence-electron chi connectivity index (χ2n) is 4.40. The third-order valence-electron chi connectivity index (χ3n) is 2.78. The van der Waals surface area contributed by atoms with E-state index in [0.29, 0.717) is 12.1 Å². The fourth-order valence-corrected chi connectivity index (χ4v) is 2.16. The minimum atomic E-state index is 0.479. The lowest BCUT2D eigenvalue weighted by Gasteiger charge is -2.16. The van der Waals surface area contributed by atoms with Gasteiger partial charge in [0.1, 0.15) is 5.82 Å². The van der Waals surface area contributed by atoms with Crippen molar-refractivity contribution < 1.29 is 0 Å². The zero-order chi connectivity index (χ0) is 9.97. The van der Waals surface area contributed by atoms with Crippen LogP contribution in [0.5, 0.6) is 0 Å². The highest BCUT2D eigenvalue weighted by atomic mass is 15.3. The van der Waals surface area contributed by atoms with Gasteiger partial charge in [-0.2, -0.15) is 5.10 Å². The van der Waals surface area contributed by atoms with E-state index in [1.165, 1.54) is 31.5 Å². The van der Waals surface area contributed by atoms with Crippen molar-refractivity contribution >= 4 is 5.82 Å². The Balaban J connectivity index is 2.12. The van der Waals surface area contributed by atoms with E-state index in [4.69, 9.17) is 0 Å². The minimum absolute atomic E-state index is 0.479. The predicted molar refractivity (Wildman–Crippen MR) is 58.5 cm³/mol. The summed E-state index contributed by atoms with van der Waals surface area (Å²) in [6.07, 6.45) is 7.17. The zero-order valence-electron chi connectivity index (χ0n) is 9.03. The Kier molecular flexibility index (Phi) is 2.75. The molecule has 0 radical (unpaired) electrons. The van der Waals surface area contributed by atoms with Crippen molar-refractivity contribution in [3.63, 3.8) is 0 Å². The molecule has 1 N–H and O–H groups in total. The molecule has 3 heteroatoms. The van der Waals surface area contributed by atoms with Gasteiger partial charge in [-0.1, -0.05) is 12.8 Å². The molecule has 1 aliphatic carbocycles. The summed E-state index contributed by atoms with van der Waals surface area (Å²) in [6, 6.07) is 3.18. The Morgan fingerprint density at radius 3 is 2.79 bits per heavy atom. The molecule has 0 aliphatic heterocycles. The molecule has 0 atom stereocenters. The van der Waals surface area contributed by atoms with Crippen LogP contribution in [-0.2, 0) is 0 Å². The number of nitrogens with one attached hydrogen (secondary N) is 1. The first-order chi connectivity index (χ1) is 6.77. The molecule has 0 spiro atoms.